The number of nitrogens with one attached hydrogen (secondary N) is 2. The first-order chi connectivity index (χ1) is 14.4. The van der Waals surface area contributed by atoms with E-state index in [1.165, 1.54) is 4.90 Å². The molecule has 0 fully saturated rings. The maximum absolute atomic E-state index is 12.7. The van der Waals surface area contributed by atoms with E-state index >= 15 is 0 Å². The molecule has 0 aromatic carbocycles. The van der Waals surface area contributed by atoms with Gasteiger partial charge in [-0.1, -0.05) is 0 Å². The van der Waals surface area contributed by atoms with Crippen LogP contribution in [0.3, 0.4) is 0 Å². The van der Waals surface area contributed by atoms with Gasteiger partial charge in [-0.2, -0.15) is 0 Å². The number of amides is 3. The zero-order chi connectivity index (χ0) is 25.2. The second kappa shape index (κ2) is 12.7. The van der Waals surface area contributed by atoms with Gasteiger partial charge in [-0.05, 0) is 69.4 Å². The van der Waals surface area contributed by atoms with Crippen molar-refractivity contribution in [3.63, 3.8) is 0 Å². The van der Waals surface area contributed by atoms with Crippen LogP contribution in [0.25, 0.3) is 0 Å². The summed E-state index contributed by atoms with van der Waals surface area (Å²) in [4.78, 5) is 40.2. The summed E-state index contributed by atoms with van der Waals surface area (Å²) in [6, 6.07) is 0. The molecule has 32 heavy (non-hydrogen) atoms. The molecule has 0 aromatic rings. The molecule has 0 aliphatic carbocycles. The van der Waals surface area contributed by atoms with Crippen LogP contribution in [0, 0.1) is 0 Å². The molecule has 0 aliphatic heterocycles. The summed E-state index contributed by atoms with van der Waals surface area (Å²) in [7, 11) is 1.79. The Hall–Kier alpha value is -2.23. The summed E-state index contributed by atoms with van der Waals surface area (Å²) >= 11 is 0. The van der Waals surface area contributed by atoms with Gasteiger partial charge in [-0.3, -0.25) is 0 Å². The molecule has 3 amide bonds. The maximum atomic E-state index is 12.7. The second-order valence-electron chi connectivity index (χ2n) is 10.5. The first kappa shape index (κ1) is 29.8. The Morgan fingerprint density at radius 2 is 1.00 bits per heavy atom. The molecule has 0 unspecified atom stereocenters. The fraction of sp³-hybridized carbons (Fsp3) is 0.864. The van der Waals surface area contributed by atoms with E-state index in [2.05, 4.69) is 10.6 Å². The average Bonchev–Trinajstić information content (AvgIpc) is 2.55. The lowest BCUT2D eigenvalue weighted by Gasteiger charge is -2.31. The minimum absolute atomic E-state index is 0.178. The molecule has 0 heterocycles. The van der Waals surface area contributed by atoms with Gasteiger partial charge in [-0.25, -0.2) is 14.4 Å². The summed E-state index contributed by atoms with van der Waals surface area (Å²) in [5, 5.41) is 5.64. The molecular formula is C22H44N4O6. The van der Waals surface area contributed by atoms with Crippen LogP contribution in [-0.4, -0.2) is 91.2 Å². The summed E-state index contributed by atoms with van der Waals surface area (Å²) in [5.74, 6) is 0. The third-order valence-corrected chi connectivity index (χ3v) is 3.62. The molecule has 0 spiro atoms. The van der Waals surface area contributed by atoms with E-state index in [0.717, 1.165) is 0 Å². The number of carbonyl (C=O) groups is 3. The first-order valence-corrected chi connectivity index (χ1v) is 11.0. The molecule has 188 valence electrons. The highest BCUT2D eigenvalue weighted by Gasteiger charge is 2.26. The lowest BCUT2D eigenvalue weighted by atomic mass is 10.2. The molecule has 0 atom stereocenters. The van der Waals surface area contributed by atoms with Gasteiger partial charge >= 0.3 is 18.3 Å². The Bertz CT molecular complexity index is 605. The van der Waals surface area contributed by atoms with Crippen molar-refractivity contribution in [3.8, 4) is 0 Å². The Morgan fingerprint density at radius 3 is 1.34 bits per heavy atom. The van der Waals surface area contributed by atoms with Gasteiger partial charge < -0.3 is 34.6 Å². The topological polar surface area (TPSA) is 109 Å². The van der Waals surface area contributed by atoms with Gasteiger partial charge in [0, 0.05) is 39.3 Å². The smallest absolute Gasteiger partial charge is 0.410 e. The molecule has 2 N–H and O–H groups in total. The first-order valence-electron chi connectivity index (χ1n) is 11.0. The lowest BCUT2D eigenvalue weighted by Crippen LogP contribution is -2.47. The number of alkyl carbamates (subject to hydrolysis) is 1. The Morgan fingerprint density at radius 1 is 0.625 bits per heavy atom. The minimum Gasteiger partial charge on any atom is -0.444 e. The van der Waals surface area contributed by atoms with Gasteiger partial charge in [0.1, 0.15) is 16.8 Å². The molecule has 0 bridgehead atoms. The highest BCUT2D eigenvalue weighted by molar-refractivity contribution is 5.70. The van der Waals surface area contributed by atoms with Crippen LogP contribution in [-0.2, 0) is 14.2 Å². The van der Waals surface area contributed by atoms with E-state index < -0.39 is 35.1 Å². The third kappa shape index (κ3) is 15.6. The van der Waals surface area contributed by atoms with Crippen molar-refractivity contribution in [2.75, 3.05) is 46.3 Å². The number of hydrogen-bond acceptors (Lipinski definition) is 7. The highest BCUT2D eigenvalue weighted by Crippen LogP contribution is 2.12. The van der Waals surface area contributed by atoms with E-state index in [0.29, 0.717) is 13.1 Å². The summed E-state index contributed by atoms with van der Waals surface area (Å²) < 4.78 is 16.2. The van der Waals surface area contributed by atoms with Crippen LogP contribution in [0.1, 0.15) is 62.3 Å². The fourth-order valence-electron chi connectivity index (χ4n) is 2.34. The van der Waals surface area contributed by atoms with E-state index in [-0.39, 0.29) is 26.2 Å². The third-order valence-electron chi connectivity index (χ3n) is 3.62. The molecule has 0 aliphatic rings. The predicted molar refractivity (Wildman–Crippen MR) is 124 cm³/mol. The lowest BCUT2D eigenvalue weighted by molar-refractivity contribution is 0.0135. The Balaban J connectivity index is 5.15. The van der Waals surface area contributed by atoms with Crippen molar-refractivity contribution in [2.45, 2.75) is 79.1 Å². The average molecular weight is 461 g/mol. The van der Waals surface area contributed by atoms with Gasteiger partial charge in [-0.15, -0.1) is 0 Å². The highest BCUT2D eigenvalue weighted by atomic mass is 16.6. The number of rotatable bonds is 9. The quantitative estimate of drug-likeness (QED) is 0.509. The molecule has 0 rings (SSSR count). The van der Waals surface area contributed by atoms with Crippen LogP contribution < -0.4 is 10.6 Å². The van der Waals surface area contributed by atoms with Gasteiger partial charge in [0.25, 0.3) is 0 Å². The number of nitrogens with zero attached hydrogens (tertiary/aromatic N) is 2. The zero-order valence-electron chi connectivity index (χ0n) is 21.6. The van der Waals surface area contributed by atoms with Gasteiger partial charge in [0.15, 0.2) is 0 Å². The van der Waals surface area contributed by atoms with Crippen molar-refractivity contribution in [1.29, 1.82) is 0 Å². The molecule has 0 radical (unpaired) electrons. The zero-order valence-corrected chi connectivity index (χ0v) is 21.6. The monoisotopic (exact) mass is 460 g/mol. The minimum atomic E-state index is -0.676. The van der Waals surface area contributed by atoms with E-state index in [4.69, 9.17) is 14.2 Å². The molecular weight excluding hydrogens is 416 g/mol. The van der Waals surface area contributed by atoms with Crippen LogP contribution in [0.15, 0.2) is 0 Å². The van der Waals surface area contributed by atoms with Crippen molar-refractivity contribution >= 4 is 18.3 Å². The van der Waals surface area contributed by atoms with Gasteiger partial charge in [0.2, 0.25) is 0 Å². The summed E-state index contributed by atoms with van der Waals surface area (Å²) in [5.41, 5.74) is -1.92. The van der Waals surface area contributed by atoms with E-state index in [1.54, 1.807) is 74.3 Å². The second-order valence-corrected chi connectivity index (χ2v) is 10.5. The standard InChI is InChI=1S/C22H44N4O6/c1-20(2,3)30-17(27)24-12-14-26(19(29)32-22(7,8)9)16-15-25(13-11-23-10)18(28)31-21(4,5)6/h23H,11-16H2,1-10H3,(H,24,27). The SMILES string of the molecule is CNCCN(CCN(CCNC(=O)OC(C)(C)C)C(=O)OC(C)(C)C)C(=O)OC(C)(C)C. The Kier molecular flexibility index (Phi) is 11.8. The number of likely N-dealkylation sites (N-methyl/N-ethyl adjacent to an activating group) is 1. The molecule has 0 aromatic heterocycles. The molecule has 10 heteroatoms. The molecule has 0 saturated carbocycles. The van der Waals surface area contributed by atoms with E-state index in [1.807, 2.05) is 0 Å². The van der Waals surface area contributed by atoms with Crippen molar-refractivity contribution < 1.29 is 28.6 Å². The number of ether oxygens (including phenoxy) is 3. The van der Waals surface area contributed by atoms with Gasteiger partial charge in [0.05, 0.1) is 0 Å². The number of hydrogen-bond donors (Lipinski definition) is 2. The van der Waals surface area contributed by atoms with Crippen molar-refractivity contribution in [1.82, 2.24) is 20.4 Å². The predicted octanol–water partition coefficient (Wildman–Crippen LogP) is 3.20. The largest absolute Gasteiger partial charge is 0.444 e. The summed E-state index contributed by atoms with van der Waals surface area (Å²) in [6.45, 7) is 17.9. The summed E-state index contributed by atoms with van der Waals surface area (Å²) in [6.07, 6.45) is -1.55. The molecule has 10 nitrogen and oxygen atoms in total. The van der Waals surface area contributed by atoms with Crippen molar-refractivity contribution in [3.05, 3.63) is 0 Å². The van der Waals surface area contributed by atoms with E-state index in [9.17, 15) is 14.4 Å². The fourth-order valence-corrected chi connectivity index (χ4v) is 2.34. The van der Waals surface area contributed by atoms with Crippen LogP contribution in [0.4, 0.5) is 14.4 Å². The number of carbonyl (C=O) groups excluding carboxylic acids is 3. The maximum Gasteiger partial charge on any atom is 0.410 e. The Labute approximate surface area is 193 Å². The van der Waals surface area contributed by atoms with Crippen molar-refractivity contribution in [2.24, 2.45) is 0 Å². The van der Waals surface area contributed by atoms with Crippen LogP contribution in [0.2, 0.25) is 0 Å². The van der Waals surface area contributed by atoms with Crippen LogP contribution in [0.5, 0.6) is 0 Å². The molecule has 0 saturated heterocycles. The normalized spacial score (nSPS) is 12.1. The van der Waals surface area contributed by atoms with Crippen LogP contribution >= 0.6 is 0 Å².